The Hall–Kier alpha value is -2.21. The standard InChI is InChI=1S/C18H25N5O/c1-23-12-20-22-17(23)14-8-10-15(11-9-14)21-18(24)16(19)13-6-4-2-3-5-7-13/h8-13,16H,2-7,19H2,1H3,(H,21,24)/t16-/m0/s1. The van der Waals surface area contributed by atoms with E-state index in [0.29, 0.717) is 5.92 Å². The van der Waals surface area contributed by atoms with Crippen LogP contribution in [0.1, 0.15) is 38.5 Å². The third-order valence-electron chi connectivity index (χ3n) is 4.83. The zero-order chi connectivity index (χ0) is 16.9. The van der Waals surface area contributed by atoms with Crippen molar-refractivity contribution in [2.75, 3.05) is 5.32 Å². The molecular formula is C18H25N5O. The van der Waals surface area contributed by atoms with E-state index in [1.807, 2.05) is 35.9 Å². The molecule has 1 aromatic carbocycles. The summed E-state index contributed by atoms with van der Waals surface area (Å²) in [7, 11) is 1.90. The molecule has 1 aliphatic rings. The van der Waals surface area contributed by atoms with E-state index in [-0.39, 0.29) is 5.91 Å². The predicted octanol–water partition coefficient (Wildman–Crippen LogP) is 2.72. The van der Waals surface area contributed by atoms with Gasteiger partial charge in [-0.2, -0.15) is 0 Å². The molecule has 1 saturated carbocycles. The molecular weight excluding hydrogens is 302 g/mol. The minimum Gasteiger partial charge on any atom is -0.325 e. The molecule has 1 amide bonds. The highest BCUT2D eigenvalue weighted by molar-refractivity contribution is 5.95. The summed E-state index contributed by atoms with van der Waals surface area (Å²) in [4.78, 5) is 12.4. The molecule has 24 heavy (non-hydrogen) atoms. The monoisotopic (exact) mass is 327 g/mol. The van der Waals surface area contributed by atoms with Crippen LogP contribution in [0.25, 0.3) is 11.4 Å². The molecule has 1 fully saturated rings. The number of nitrogens with one attached hydrogen (secondary N) is 1. The van der Waals surface area contributed by atoms with Gasteiger partial charge in [-0.15, -0.1) is 10.2 Å². The number of benzene rings is 1. The van der Waals surface area contributed by atoms with Gasteiger partial charge in [-0.05, 0) is 43.0 Å². The lowest BCUT2D eigenvalue weighted by Gasteiger charge is -2.21. The van der Waals surface area contributed by atoms with Crippen LogP contribution in [0.4, 0.5) is 5.69 Å². The van der Waals surface area contributed by atoms with Crippen LogP contribution in [0.5, 0.6) is 0 Å². The summed E-state index contributed by atoms with van der Waals surface area (Å²) in [6, 6.07) is 7.18. The van der Waals surface area contributed by atoms with Gasteiger partial charge in [0.05, 0.1) is 6.04 Å². The number of aryl methyl sites for hydroxylation is 1. The molecule has 0 spiro atoms. The summed E-state index contributed by atoms with van der Waals surface area (Å²) in [6.45, 7) is 0. The number of carbonyl (C=O) groups is 1. The van der Waals surface area contributed by atoms with E-state index in [1.54, 1.807) is 6.33 Å². The van der Waals surface area contributed by atoms with E-state index in [1.165, 1.54) is 25.7 Å². The summed E-state index contributed by atoms with van der Waals surface area (Å²) in [6.07, 6.45) is 8.65. The summed E-state index contributed by atoms with van der Waals surface area (Å²) in [5.41, 5.74) is 7.92. The molecule has 0 radical (unpaired) electrons. The van der Waals surface area contributed by atoms with Crippen molar-refractivity contribution in [2.45, 2.75) is 44.6 Å². The van der Waals surface area contributed by atoms with Crippen molar-refractivity contribution in [3.8, 4) is 11.4 Å². The first-order valence-electron chi connectivity index (χ1n) is 8.66. The largest absolute Gasteiger partial charge is 0.325 e. The van der Waals surface area contributed by atoms with E-state index >= 15 is 0 Å². The molecule has 0 unspecified atom stereocenters. The second kappa shape index (κ2) is 7.57. The highest BCUT2D eigenvalue weighted by Gasteiger charge is 2.25. The summed E-state index contributed by atoms with van der Waals surface area (Å²) in [5, 5.41) is 10.9. The Morgan fingerprint density at radius 1 is 1.21 bits per heavy atom. The van der Waals surface area contributed by atoms with E-state index in [2.05, 4.69) is 15.5 Å². The number of rotatable bonds is 4. The average Bonchev–Trinajstić information content (AvgIpc) is 2.85. The van der Waals surface area contributed by atoms with Crippen LogP contribution < -0.4 is 11.1 Å². The molecule has 6 heteroatoms. The zero-order valence-electron chi connectivity index (χ0n) is 14.1. The third-order valence-corrected chi connectivity index (χ3v) is 4.83. The molecule has 1 atom stereocenters. The first-order valence-corrected chi connectivity index (χ1v) is 8.66. The fraction of sp³-hybridized carbons (Fsp3) is 0.500. The van der Waals surface area contributed by atoms with Gasteiger partial charge in [0.2, 0.25) is 5.91 Å². The number of amides is 1. The van der Waals surface area contributed by atoms with Crippen molar-refractivity contribution in [1.29, 1.82) is 0 Å². The fourth-order valence-electron chi connectivity index (χ4n) is 3.36. The molecule has 6 nitrogen and oxygen atoms in total. The first-order chi connectivity index (χ1) is 11.6. The van der Waals surface area contributed by atoms with Gasteiger partial charge in [-0.1, -0.05) is 25.7 Å². The highest BCUT2D eigenvalue weighted by Crippen LogP contribution is 2.25. The highest BCUT2D eigenvalue weighted by atomic mass is 16.2. The molecule has 0 aliphatic heterocycles. The van der Waals surface area contributed by atoms with Crippen molar-refractivity contribution in [2.24, 2.45) is 18.7 Å². The van der Waals surface area contributed by atoms with Crippen LogP contribution in [0.15, 0.2) is 30.6 Å². The lowest BCUT2D eigenvalue weighted by Crippen LogP contribution is -2.41. The lowest BCUT2D eigenvalue weighted by atomic mass is 9.92. The number of carbonyl (C=O) groups excluding carboxylic acids is 1. The maximum absolute atomic E-state index is 12.4. The van der Waals surface area contributed by atoms with Gasteiger partial charge in [-0.25, -0.2) is 0 Å². The van der Waals surface area contributed by atoms with Gasteiger partial charge in [0.1, 0.15) is 6.33 Å². The Kier molecular flexibility index (Phi) is 5.25. The van der Waals surface area contributed by atoms with Crippen LogP contribution in [0.2, 0.25) is 0 Å². The minimum atomic E-state index is -0.429. The van der Waals surface area contributed by atoms with Crippen molar-refractivity contribution in [3.63, 3.8) is 0 Å². The van der Waals surface area contributed by atoms with Crippen LogP contribution >= 0.6 is 0 Å². The van der Waals surface area contributed by atoms with Crippen molar-refractivity contribution in [1.82, 2.24) is 14.8 Å². The number of hydrogen-bond acceptors (Lipinski definition) is 4. The average molecular weight is 327 g/mol. The third kappa shape index (κ3) is 3.82. The van der Waals surface area contributed by atoms with E-state index in [9.17, 15) is 4.79 Å². The number of nitrogens with zero attached hydrogens (tertiary/aromatic N) is 3. The minimum absolute atomic E-state index is 0.0895. The Labute approximate surface area is 142 Å². The van der Waals surface area contributed by atoms with E-state index in [0.717, 1.165) is 29.9 Å². The number of hydrogen-bond donors (Lipinski definition) is 2. The second-order valence-corrected chi connectivity index (χ2v) is 6.61. The van der Waals surface area contributed by atoms with Crippen LogP contribution in [-0.2, 0) is 11.8 Å². The van der Waals surface area contributed by atoms with Crippen molar-refractivity contribution >= 4 is 11.6 Å². The van der Waals surface area contributed by atoms with E-state index in [4.69, 9.17) is 5.73 Å². The maximum atomic E-state index is 12.4. The number of aromatic nitrogens is 3. The molecule has 2 aromatic rings. The van der Waals surface area contributed by atoms with Gasteiger partial charge in [0.25, 0.3) is 0 Å². The Bertz CT molecular complexity index is 671. The molecule has 1 heterocycles. The predicted molar refractivity (Wildman–Crippen MR) is 94.2 cm³/mol. The Morgan fingerprint density at radius 2 is 1.88 bits per heavy atom. The zero-order valence-corrected chi connectivity index (χ0v) is 14.1. The number of anilines is 1. The molecule has 0 bridgehead atoms. The molecule has 0 saturated heterocycles. The van der Waals surface area contributed by atoms with Crippen LogP contribution in [0, 0.1) is 5.92 Å². The van der Waals surface area contributed by atoms with Crippen LogP contribution in [-0.4, -0.2) is 26.7 Å². The maximum Gasteiger partial charge on any atom is 0.241 e. The normalized spacial score (nSPS) is 17.2. The number of nitrogens with two attached hydrogens (primary N) is 1. The SMILES string of the molecule is Cn1cnnc1-c1ccc(NC(=O)[C@@H](N)C2CCCCCC2)cc1. The topological polar surface area (TPSA) is 85.8 Å². The molecule has 3 N–H and O–H groups in total. The van der Waals surface area contributed by atoms with Crippen LogP contribution in [0.3, 0.4) is 0 Å². The Morgan fingerprint density at radius 3 is 2.46 bits per heavy atom. The molecule has 1 aliphatic carbocycles. The lowest BCUT2D eigenvalue weighted by molar-refractivity contribution is -0.118. The van der Waals surface area contributed by atoms with Crippen molar-refractivity contribution in [3.05, 3.63) is 30.6 Å². The summed E-state index contributed by atoms with van der Waals surface area (Å²) in [5.74, 6) is 1.00. The smallest absolute Gasteiger partial charge is 0.241 e. The summed E-state index contributed by atoms with van der Waals surface area (Å²) >= 11 is 0. The quantitative estimate of drug-likeness (QED) is 0.846. The van der Waals surface area contributed by atoms with Gasteiger partial charge >= 0.3 is 0 Å². The summed E-state index contributed by atoms with van der Waals surface area (Å²) < 4.78 is 1.86. The van der Waals surface area contributed by atoms with Gasteiger partial charge in [-0.3, -0.25) is 4.79 Å². The fourth-order valence-corrected chi connectivity index (χ4v) is 3.36. The van der Waals surface area contributed by atoms with Gasteiger partial charge in [0.15, 0.2) is 5.82 Å². The Balaban J connectivity index is 1.62. The van der Waals surface area contributed by atoms with Crippen molar-refractivity contribution < 1.29 is 4.79 Å². The molecule has 128 valence electrons. The molecule has 3 rings (SSSR count). The first kappa shape index (κ1) is 16.6. The van der Waals surface area contributed by atoms with Gasteiger partial charge in [0, 0.05) is 18.3 Å². The van der Waals surface area contributed by atoms with Gasteiger partial charge < -0.3 is 15.6 Å². The van der Waals surface area contributed by atoms with E-state index < -0.39 is 6.04 Å². The second-order valence-electron chi connectivity index (χ2n) is 6.61. The molecule has 1 aromatic heterocycles.